The van der Waals surface area contributed by atoms with E-state index in [0.717, 1.165) is 22.3 Å². The predicted molar refractivity (Wildman–Crippen MR) is 99.5 cm³/mol. The molecule has 0 aliphatic carbocycles. The van der Waals surface area contributed by atoms with Gasteiger partial charge in [-0.2, -0.15) is 0 Å². The van der Waals surface area contributed by atoms with Crippen LogP contribution in [0.4, 0.5) is 4.39 Å². The number of halogens is 1. The van der Waals surface area contributed by atoms with Crippen molar-refractivity contribution in [1.29, 1.82) is 0 Å². The van der Waals surface area contributed by atoms with E-state index >= 15 is 0 Å². The van der Waals surface area contributed by atoms with Crippen molar-refractivity contribution in [3.8, 4) is 0 Å². The van der Waals surface area contributed by atoms with Crippen molar-refractivity contribution in [2.45, 2.75) is 40.7 Å². The number of aliphatic imine (C=N–C) groups is 1. The molecule has 1 aromatic carbocycles. The summed E-state index contributed by atoms with van der Waals surface area (Å²) in [6.45, 7) is 13.7. The van der Waals surface area contributed by atoms with Crippen molar-refractivity contribution in [1.82, 2.24) is 0 Å². The Balaban J connectivity index is 0.00000127. The molecular formula is C21H26FN. The van der Waals surface area contributed by atoms with Gasteiger partial charge in [-0.25, -0.2) is 4.39 Å². The molecule has 0 spiro atoms. The van der Waals surface area contributed by atoms with Crippen LogP contribution in [-0.4, -0.2) is 6.21 Å². The normalized spacial score (nSPS) is 17.5. The van der Waals surface area contributed by atoms with Gasteiger partial charge >= 0.3 is 0 Å². The Bertz CT molecular complexity index is 675. The Hall–Kier alpha value is -2.22. The number of hydrogen-bond donors (Lipinski definition) is 0. The molecular weight excluding hydrogens is 285 g/mol. The molecule has 0 N–H and O–H groups in total. The first-order valence-electron chi connectivity index (χ1n) is 8.04. The van der Waals surface area contributed by atoms with Gasteiger partial charge in [0.05, 0.1) is 0 Å². The molecule has 0 fully saturated rings. The van der Waals surface area contributed by atoms with Gasteiger partial charge in [0.1, 0.15) is 11.9 Å². The van der Waals surface area contributed by atoms with Gasteiger partial charge in [-0.1, -0.05) is 50.8 Å². The fourth-order valence-electron chi connectivity index (χ4n) is 2.51. The highest BCUT2D eigenvalue weighted by molar-refractivity contribution is 5.79. The molecule has 0 saturated heterocycles. The van der Waals surface area contributed by atoms with E-state index in [0.29, 0.717) is 5.56 Å². The van der Waals surface area contributed by atoms with Crippen molar-refractivity contribution < 1.29 is 4.39 Å². The molecule has 23 heavy (non-hydrogen) atoms. The molecule has 122 valence electrons. The Morgan fingerprint density at radius 1 is 1.30 bits per heavy atom. The highest BCUT2D eigenvalue weighted by Crippen LogP contribution is 2.35. The molecule has 1 atom stereocenters. The van der Waals surface area contributed by atoms with E-state index in [-0.39, 0.29) is 11.9 Å². The van der Waals surface area contributed by atoms with Gasteiger partial charge in [0, 0.05) is 6.21 Å². The van der Waals surface area contributed by atoms with E-state index in [9.17, 15) is 4.39 Å². The van der Waals surface area contributed by atoms with Crippen LogP contribution in [0.2, 0.25) is 0 Å². The van der Waals surface area contributed by atoms with E-state index in [1.165, 1.54) is 6.07 Å². The maximum atomic E-state index is 13.4. The summed E-state index contributed by atoms with van der Waals surface area (Å²) in [5.41, 5.74) is 5.02. The zero-order chi connectivity index (χ0) is 17.4. The fourth-order valence-corrected chi connectivity index (χ4v) is 2.51. The minimum Gasteiger partial charge on any atom is -0.280 e. The zero-order valence-electron chi connectivity index (χ0n) is 14.7. The van der Waals surface area contributed by atoms with Crippen LogP contribution in [0.15, 0.2) is 70.8 Å². The highest BCUT2D eigenvalue weighted by atomic mass is 19.1. The summed E-state index contributed by atoms with van der Waals surface area (Å²) in [4.78, 5) is 4.52. The van der Waals surface area contributed by atoms with Crippen LogP contribution in [0.3, 0.4) is 0 Å². The largest absolute Gasteiger partial charge is 0.280 e. The van der Waals surface area contributed by atoms with E-state index in [1.54, 1.807) is 13.0 Å². The van der Waals surface area contributed by atoms with Crippen LogP contribution in [-0.2, 0) is 0 Å². The van der Waals surface area contributed by atoms with Gasteiger partial charge in [0.25, 0.3) is 0 Å². The van der Waals surface area contributed by atoms with Crippen LogP contribution in [0, 0.1) is 12.7 Å². The number of nitrogens with zero attached hydrogens (tertiary/aromatic N) is 1. The first kappa shape index (κ1) is 18.8. The molecule has 0 radical (unpaired) electrons. The standard InChI is InChI=1S/C19H20FN.C2H6/c1-5-7-15(6-2)14(4)17-10-11-21-19(17)16-8-9-18(20)13(3)12-16;1-2/h5-12,19H,2H2,1,3-4H3;1-2H3/b7-5-,15-14-;. The fraction of sp³-hybridized carbons (Fsp3) is 0.286. The first-order chi connectivity index (χ1) is 11.1. The number of aryl methyl sites for hydroxylation is 1. The van der Waals surface area contributed by atoms with Crippen LogP contribution in [0.1, 0.15) is 44.9 Å². The zero-order valence-corrected chi connectivity index (χ0v) is 14.7. The van der Waals surface area contributed by atoms with E-state index in [4.69, 9.17) is 0 Å². The molecule has 1 aliphatic rings. The van der Waals surface area contributed by atoms with Gasteiger partial charge in [0.15, 0.2) is 0 Å². The number of hydrogen-bond acceptors (Lipinski definition) is 1. The summed E-state index contributed by atoms with van der Waals surface area (Å²) < 4.78 is 13.4. The Labute approximate surface area is 139 Å². The average molecular weight is 311 g/mol. The number of rotatable bonds is 4. The molecule has 0 aromatic heterocycles. The minimum atomic E-state index is -0.181. The molecule has 1 nitrogen and oxygen atoms in total. The maximum absolute atomic E-state index is 13.4. The molecule has 2 heteroatoms. The lowest BCUT2D eigenvalue weighted by atomic mass is 9.91. The quantitative estimate of drug-likeness (QED) is 0.579. The summed E-state index contributed by atoms with van der Waals surface area (Å²) in [5, 5.41) is 0. The van der Waals surface area contributed by atoms with Crippen molar-refractivity contribution >= 4 is 6.21 Å². The lowest BCUT2D eigenvalue weighted by molar-refractivity contribution is 0.617. The topological polar surface area (TPSA) is 12.4 Å². The summed E-state index contributed by atoms with van der Waals surface area (Å²) in [6, 6.07) is 5.12. The summed E-state index contributed by atoms with van der Waals surface area (Å²) in [7, 11) is 0. The average Bonchev–Trinajstić information content (AvgIpc) is 3.06. The van der Waals surface area contributed by atoms with Gasteiger partial charge in [-0.15, -0.1) is 0 Å². The van der Waals surface area contributed by atoms with Gasteiger partial charge in [-0.05, 0) is 60.8 Å². The van der Waals surface area contributed by atoms with Gasteiger partial charge in [-0.3, -0.25) is 4.99 Å². The summed E-state index contributed by atoms with van der Waals surface area (Å²) in [5.74, 6) is -0.181. The smallest absolute Gasteiger partial charge is 0.126 e. The highest BCUT2D eigenvalue weighted by Gasteiger charge is 2.21. The molecule has 1 aromatic rings. The van der Waals surface area contributed by atoms with Crippen molar-refractivity contribution in [2.75, 3.05) is 0 Å². The lowest BCUT2D eigenvalue weighted by Crippen LogP contribution is -2.01. The second-order valence-corrected chi connectivity index (χ2v) is 5.12. The molecule has 0 bridgehead atoms. The molecule has 2 rings (SSSR count). The van der Waals surface area contributed by atoms with E-state index in [2.05, 4.69) is 18.5 Å². The Morgan fingerprint density at radius 3 is 2.57 bits per heavy atom. The second kappa shape index (κ2) is 9.04. The molecule has 0 saturated carbocycles. The third-order valence-corrected chi connectivity index (χ3v) is 3.71. The number of benzene rings is 1. The van der Waals surface area contributed by atoms with Crippen molar-refractivity contribution in [3.63, 3.8) is 0 Å². The van der Waals surface area contributed by atoms with Crippen LogP contribution >= 0.6 is 0 Å². The monoisotopic (exact) mass is 311 g/mol. The van der Waals surface area contributed by atoms with Gasteiger partial charge in [0.2, 0.25) is 0 Å². The molecule has 1 unspecified atom stereocenters. The van der Waals surface area contributed by atoms with Crippen LogP contribution in [0.5, 0.6) is 0 Å². The van der Waals surface area contributed by atoms with E-state index < -0.39 is 0 Å². The van der Waals surface area contributed by atoms with Crippen molar-refractivity contribution in [2.24, 2.45) is 4.99 Å². The summed E-state index contributed by atoms with van der Waals surface area (Å²) in [6.07, 6.45) is 9.72. The molecule has 0 amide bonds. The third kappa shape index (κ3) is 4.38. The molecule has 1 aliphatic heterocycles. The van der Waals surface area contributed by atoms with Crippen LogP contribution in [0.25, 0.3) is 0 Å². The molecule has 1 heterocycles. The van der Waals surface area contributed by atoms with E-state index in [1.807, 2.05) is 57.4 Å². The van der Waals surface area contributed by atoms with Crippen LogP contribution < -0.4 is 0 Å². The first-order valence-corrected chi connectivity index (χ1v) is 8.04. The maximum Gasteiger partial charge on any atom is 0.126 e. The number of allylic oxidation sites excluding steroid dienone is 5. The summed E-state index contributed by atoms with van der Waals surface area (Å²) >= 11 is 0. The SMILES string of the molecule is C=CC(/C=C\C)=C(\C)C1=CC=NC1c1ccc(F)c(C)c1.CC. The predicted octanol–water partition coefficient (Wildman–Crippen LogP) is 6.29. The second-order valence-electron chi connectivity index (χ2n) is 5.12. The third-order valence-electron chi connectivity index (χ3n) is 3.71. The van der Waals surface area contributed by atoms with Crippen molar-refractivity contribution in [3.05, 3.63) is 82.7 Å². The lowest BCUT2D eigenvalue weighted by Gasteiger charge is -2.16. The Kier molecular flexibility index (Phi) is 7.40. The van der Waals surface area contributed by atoms with Gasteiger partial charge < -0.3 is 0 Å². The minimum absolute atomic E-state index is 0.0653. The Morgan fingerprint density at radius 2 is 2.00 bits per heavy atom.